The van der Waals surface area contributed by atoms with Gasteiger partial charge in [-0.25, -0.2) is 4.98 Å². The van der Waals surface area contributed by atoms with Crippen molar-refractivity contribution in [3.05, 3.63) is 51.0 Å². The molecule has 3 N–H and O–H groups in total. The molecule has 102 valence electrons. The van der Waals surface area contributed by atoms with Crippen LogP contribution in [0.25, 0.3) is 0 Å². The van der Waals surface area contributed by atoms with Crippen molar-refractivity contribution in [1.82, 2.24) is 4.98 Å². The molecule has 0 saturated carbocycles. The van der Waals surface area contributed by atoms with Gasteiger partial charge in [-0.1, -0.05) is 29.8 Å². The number of aromatic nitrogens is 1. The highest BCUT2D eigenvalue weighted by Crippen LogP contribution is 2.35. The Bertz CT molecular complexity index is 565. The molecule has 4 heteroatoms. The summed E-state index contributed by atoms with van der Waals surface area (Å²) >= 11 is 1.55. The lowest BCUT2D eigenvalue weighted by atomic mass is 9.91. The third-order valence-electron chi connectivity index (χ3n) is 3.31. The van der Waals surface area contributed by atoms with Crippen molar-refractivity contribution in [1.29, 1.82) is 0 Å². The van der Waals surface area contributed by atoms with Gasteiger partial charge >= 0.3 is 0 Å². The van der Waals surface area contributed by atoms with Crippen LogP contribution < -0.4 is 5.73 Å². The standard InChI is InChI=1S/C15H20N2OS/c1-9-5-4-6-12(7-9)13(8-16)14(18)15-10(2)17-11(3)19-15/h4-7,13-14,18H,8,16H2,1-3H3. The van der Waals surface area contributed by atoms with E-state index in [0.717, 1.165) is 21.1 Å². The number of nitrogens with zero attached hydrogens (tertiary/aromatic N) is 1. The van der Waals surface area contributed by atoms with Gasteiger partial charge in [-0.2, -0.15) is 0 Å². The van der Waals surface area contributed by atoms with Crippen LogP contribution in [0.1, 0.15) is 38.7 Å². The van der Waals surface area contributed by atoms with Gasteiger partial charge in [0.15, 0.2) is 0 Å². The number of aliphatic hydroxyl groups is 1. The highest BCUT2D eigenvalue weighted by Gasteiger charge is 2.25. The second kappa shape index (κ2) is 5.82. The summed E-state index contributed by atoms with van der Waals surface area (Å²) in [6, 6.07) is 8.16. The molecule has 0 amide bonds. The first-order chi connectivity index (χ1) is 9.02. The lowest BCUT2D eigenvalue weighted by Crippen LogP contribution is -2.20. The van der Waals surface area contributed by atoms with Crippen LogP contribution in [0, 0.1) is 20.8 Å². The molecule has 1 aromatic carbocycles. The first kappa shape index (κ1) is 14.2. The van der Waals surface area contributed by atoms with Gasteiger partial charge in [0, 0.05) is 12.5 Å². The molecule has 0 aliphatic heterocycles. The zero-order chi connectivity index (χ0) is 14.0. The molecule has 2 aromatic rings. The summed E-state index contributed by atoms with van der Waals surface area (Å²) in [5.41, 5.74) is 9.04. The summed E-state index contributed by atoms with van der Waals surface area (Å²) in [5, 5.41) is 11.6. The van der Waals surface area contributed by atoms with Crippen molar-refractivity contribution in [2.45, 2.75) is 32.8 Å². The third-order valence-corrected chi connectivity index (χ3v) is 4.46. The number of aryl methyl sites for hydroxylation is 3. The number of hydrogen-bond acceptors (Lipinski definition) is 4. The molecule has 19 heavy (non-hydrogen) atoms. The van der Waals surface area contributed by atoms with Crippen molar-refractivity contribution in [2.75, 3.05) is 6.54 Å². The van der Waals surface area contributed by atoms with E-state index >= 15 is 0 Å². The number of nitrogens with two attached hydrogens (primary N) is 1. The summed E-state index contributed by atoms with van der Waals surface area (Å²) in [6.07, 6.45) is -0.585. The molecule has 1 heterocycles. The number of thiazole rings is 1. The first-order valence-electron chi connectivity index (χ1n) is 6.41. The van der Waals surface area contributed by atoms with Gasteiger partial charge in [0.05, 0.1) is 21.7 Å². The van der Waals surface area contributed by atoms with E-state index in [1.165, 1.54) is 5.56 Å². The van der Waals surface area contributed by atoms with Gasteiger partial charge in [0.1, 0.15) is 0 Å². The van der Waals surface area contributed by atoms with E-state index in [1.807, 2.05) is 39.0 Å². The molecule has 0 bridgehead atoms. The molecule has 0 aliphatic rings. The van der Waals surface area contributed by atoms with Crippen molar-refractivity contribution >= 4 is 11.3 Å². The minimum Gasteiger partial charge on any atom is -0.387 e. The molecule has 1 aromatic heterocycles. The zero-order valence-corrected chi connectivity index (χ0v) is 12.4. The molecule has 3 nitrogen and oxygen atoms in total. The second-order valence-electron chi connectivity index (χ2n) is 4.88. The molecule has 0 saturated heterocycles. The highest BCUT2D eigenvalue weighted by atomic mass is 32.1. The van der Waals surface area contributed by atoms with Crippen LogP contribution in [-0.2, 0) is 0 Å². The van der Waals surface area contributed by atoms with Gasteiger partial charge in [-0.15, -0.1) is 11.3 Å². The summed E-state index contributed by atoms with van der Waals surface area (Å²) in [6.45, 7) is 6.36. The molecular formula is C15H20N2OS. The maximum atomic E-state index is 10.6. The van der Waals surface area contributed by atoms with Crippen molar-refractivity contribution < 1.29 is 5.11 Å². The first-order valence-corrected chi connectivity index (χ1v) is 7.23. The molecular weight excluding hydrogens is 256 g/mol. The van der Waals surface area contributed by atoms with Crippen LogP contribution in [0.5, 0.6) is 0 Å². The predicted molar refractivity (Wildman–Crippen MR) is 79.5 cm³/mol. The van der Waals surface area contributed by atoms with E-state index in [1.54, 1.807) is 11.3 Å². The molecule has 0 fully saturated rings. The molecule has 2 rings (SSSR count). The molecule has 0 radical (unpaired) electrons. The lowest BCUT2D eigenvalue weighted by Gasteiger charge is -2.21. The van der Waals surface area contributed by atoms with Crippen molar-refractivity contribution in [3.8, 4) is 0 Å². The fourth-order valence-corrected chi connectivity index (χ4v) is 3.33. The fourth-order valence-electron chi connectivity index (χ4n) is 2.35. The Kier molecular flexibility index (Phi) is 4.34. The molecule has 0 aliphatic carbocycles. The summed E-state index contributed by atoms with van der Waals surface area (Å²) in [4.78, 5) is 5.30. The smallest absolute Gasteiger partial charge is 0.0981 e. The van der Waals surface area contributed by atoms with E-state index < -0.39 is 6.10 Å². The monoisotopic (exact) mass is 276 g/mol. The normalized spacial score (nSPS) is 14.4. The van der Waals surface area contributed by atoms with Crippen molar-refractivity contribution in [2.24, 2.45) is 5.73 Å². The average molecular weight is 276 g/mol. The number of benzene rings is 1. The minimum absolute atomic E-state index is 0.0848. The Balaban J connectivity index is 2.34. The second-order valence-corrected chi connectivity index (χ2v) is 6.12. The quantitative estimate of drug-likeness (QED) is 0.902. The van der Waals surface area contributed by atoms with Crippen LogP contribution in [0.2, 0.25) is 0 Å². The summed E-state index contributed by atoms with van der Waals surface area (Å²) < 4.78 is 0. The Morgan fingerprint density at radius 1 is 1.32 bits per heavy atom. The number of rotatable bonds is 4. The van der Waals surface area contributed by atoms with Crippen LogP contribution in [0.15, 0.2) is 24.3 Å². The third kappa shape index (κ3) is 3.03. The Morgan fingerprint density at radius 2 is 2.05 bits per heavy atom. The maximum Gasteiger partial charge on any atom is 0.0981 e. The molecule has 0 spiro atoms. The average Bonchev–Trinajstić information content (AvgIpc) is 2.69. The predicted octanol–water partition coefficient (Wildman–Crippen LogP) is 2.84. The topological polar surface area (TPSA) is 59.1 Å². The lowest BCUT2D eigenvalue weighted by molar-refractivity contribution is 0.150. The van der Waals surface area contributed by atoms with Crippen LogP contribution >= 0.6 is 11.3 Å². The maximum absolute atomic E-state index is 10.6. The van der Waals surface area contributed by atoms with E-state index in [2.05, 4.69) is 11.1 Å². The van der Waals surface area contributed by atoms with Gasteiger partial charge in [-0.05, 0) is 26.3 Å². The van der Waals surface area contributed by atoms with E-state index in [4.69, 9.17) is 5.73 Å². The zero-order valence-electron chi connectivity index (χ0n) is 11.6. The molecule has 2 unspecified atom stereocenters. The molecule has 2 atom stereocenters. The number of hydrogen-bond donors (Lipinski definition) is 2. The van der Waals surface area contributed by atoms with Crippen LogP contribution in [0.3, 0.4) is 0 Å². The van der Waals surface area contributed by atoms with E-state index in [0.29, 0.717) is 6.54 Å². The van der Waals surface area contributed by atoms with E-state index in [9.17, 15) is 5.11 Å². The summed E-state index contributed by atoms with van der Waals surface area (Å²) in [5.74, 6) is -0.0848. The van der Waals surface area contributed by atoms with Gasteiger partial charge in [-0.3, -0.25) is 0 Å². The van der Waals surface area contributed by atoms with Gasteiger partial charge in [0.2, 0.25) is 0 Å². The minimum atomic E-state index is -0.585. The Labute approximate surface area is 118 Å². The van der Waals surface area contributed by atoms with Crippen LogP contribution in [0.4, 0.5) is 0 Å². The fraction of sp³-hybridized carbons (Fsp3) is 0.400. The summed E-state index contributed by atoms with van der Waals surface area (Å²) in [7, 11) is 0. The van der Waals surface area contributed by atoms with Gasteiger partial charge in [0.25, 0.3) is 0 Å². The largest absolute Gasteiger partial charge is 0.387 e. The Morgan fingerprint density at radius 3 is 2.58 bits per heavy atom. The van der Waals surface area contributed by atoms with Gasteiger partial charge < -0.3 is 10.8 Å². The van der Waals surface area contributed by atoms with E-state index in [-0.39, 0.29) is 5.92 Å². The van der Waals surface area contributed by atoms with Crippen LogP contribution in [-0.4, -0.2) is 16.6 Å². The van der Waals surface area contributed by atoms with Crippen molar-refractivity contribution in [3.63, 3.8) is 0 Å². The highest BCUT2D eigenvalue weighted by molar-refractivity contribution is 7.11. The SMILES string of the molecule is Cc1cccc(C(CN)C(O)c2sc(C)nc2C)c1. The Hall–Kier alpha value is -1.23. The number of aliphatic hydroxyl groups excluding tert-OH is 1.